The molecule has 4 heteroatoms. The highest BCUT2D eigenvalue weighted by atomic mass is 16.5. The Morgan fingerprint density at radius 2 is 1.85 bits per heavy atom. The molecule has 0 amide bonds. The number of hydrogen-bond donors (Lipinski definition) is 1. The molecule has 7 fully saturated rings. The van der Waals surface area contributed by atoms with Crippen molar-refractivity contribution >= 4 is 5.78 Å². The fraction of sp³-hybridized carbons (Fsp3) is 0.957. The first-order valence-electron chi connectivity index (χ1n) is 11.4. The van der Waals surface area contributed by atoms with E-state index in [1.165, 1.54) is 12.8 Å². The van der Waals surface area contributed by atoms with E-state index in [-0.39, 0.29) is 35.6 Å². The SMILES string of the molecule is CC1OCCOC2CC[C@@]3(CO)[C@@H](CC[C@H]4[C@@H]5CC[C@H]1[C@@]5(C)CC(=O)[C@@H]43)C2. The van der Waals surface area contributed by atoms with Crippen molar-refractivity contribution in [3.8, 4) is 0 Å². The summed E-state index contributed by atoms with van der Waals surface area (Å²) in [6, 6.07) is 0. The smallest absolute Gasteiger partial charge is 0.137 e. The molecule has 0 radical (unpaired) electrons. The Hall–Kier alpha value is -0.450. The Balaban J connectivity index is 1.58. The van der Waals surface area contributed by atoms with E-state index >= 15 is 0 Å². The molecule has 3 saturated heterocycles. The summed E-state index contributed by atoms with van der Waals surface area (Å²) in [5, 5.41) is 10.6. The molecule has 8 bridgehead atoms. The summed E-state index contributed by atoms with van der Waals surface area (Å²) in [5.74, 6) is 2.53. The van der Waals surface area contributed by atoms with E-state index in [0.29, 0.717) is 49.1 Å². The molecule has 9 atom stereocenters. The van der Waals surface area contributed by atoms with Crippen LogP contribution in [-0.2, 0) is 14.3 Å². The van der Waals surface area contributed by atoms with Crippen LogP contribution in [0.1, 0.15) is 65.2 Å². The van der Waals surface area contributed by atoms with Crippen molar-refractivity contribution in [2.24, 2.45) is 40.4 Å². The highest BCUT2D eigenvalue weighted by molar-refractivity contribution is 5.84. The summed E-state index contributed by atoms with van der Waals surface area (Å²) >= 11 is 0. The lowest BCUT2D eigenvalue weighted by Crippen LogP contribution is -2.60. The highest BCUT2D eigenvalue weighted by Gasteiger charge is 2.65. The number of ether oxygens (including phenoxy) is 2. The molecule has 27 heavy (non-hydrogen) atoms. The average molecular weight is 377 g/mol. The van der Waals surface area contributed by atoms with Crippen LogP contribution in [0.15, 0.2) is 0 Å². The van der Waals surface area contributed by atoms with Gasteiger partial charge in [0.25, 0.3) is 0 Å². The second kappa shape index (κ2) is 6.53. The van der Waals surface area contributed by atoms with Gasteiger partial charge >= 0.3 is 0 Å². The van der Waals surface area contributed by atoms with Gasteiger partial charge in [-0.3, -0.25) is 4.79 Å². The second-order valence-electron chi connectivity index (χ2n) is 10.6. The van der Waals surface area contributed by atoms with Crippen molar-refractivity contribution < 1.29 is 19.4 Å². The molecule has 7 rings (SSSR count). The molecule has 3 aliphatic heterocycles. The monoisotopic (exact) mass is 376 g/mol. The second-order valence-corrected chi connectivity index (χ2v) is 10.6. The average Bonchev–Trinajstić information content (AvgIpc) is 3.00. The molecule has 0 aromatic carbocycles. The Kier molecular flexibility index (Phi) is 4.49. The van der Waals surface area contributed by atoms with Crippen LogP contribution in [0.2, 0.25) is 0 Å². The first-order valence-corrected chi connectivity index (χ1v) is 11.4. The molecule has 1 N–H and O–H groups in total. The number of ketones is 1. The summed E-state index contributed by atoms with van der Waals surface area (Å²) < 4.78 is 12.4. The van der Waals surface area contributed by atoms with Crippen LogP contribution in [0.3, 0.4) is 0 Å². The van der Waals surface area contributed by atoms with Crippen LogP contribution < -0.4 is 0 Å². The minimum absolute atomic E-state index is 0.0727. The van der Waals surface area contributed by atoms with Crippen molar-refractivity contribution in [1.29, 1.82) is 0 Å². The van der Waals surface area contributed by atoms with Crippen LogP contribution in [0.25, 0.3) is 0 Å². The van der Waals surface area contributed by atoms with Crippen LogP contribution >= 0.6 is 0 Å². The summed E-state index contributed by atoms with van der Waals surface area (Å²) in [6.45, 7) is 6.10. The third-order valence-corrected chi connectivity index (χ3v) is 9.77. The molecular weight excluding hydrogens is 340 g/mol. The van der Waals surface area contributed by atoms with E-state index in [0.717, 1.165) is 32.1 Å². The summed E-state index contributed by atoms with van der Waals surface area (Å²) in [7, 11) is 0. The van der Waals surface area contributed by atoms with Crippen LogP contribution in [-0.4, -0.2) is 42.9 Å². The van der Waals surface area contributed by atoms with Gasteiger partial charge in [-0.05, 0) is 81.0 Å². The predicted molar refractivity (Wildman–Crippen MR) is 102 cm³/mol. The highest BCUT2D eigenvalue weighted by Crippen LogP contribution is 2.67. The lowest BCUT2D eigenvalue weighted by atomic mass is 9.44. The molecule has 7 aliphatic rings. The number of carbonyl (C=O) groups is 1. The third-order valence-electron chi connectivity index (χ3n) is 9.77. The molecule has 4 aliphatic carbocycles. The number of Topliss-reactive ketones (excluding diaryl/α,β-unsaturated/α-hetero) is 1. The molecule has 2 unspecified atom stereocenters. The fourth-order valence-corrected chi connectivity index (χ4v) is 8.64. The van der Waals surface area contributed by atoms with Crippen molar-refractivity contribution in [3.63, 3.8) is 0 Å². The number of aliphatic hydroxyl groups excluding tert-OH is 1. The minimum atomic E-state index is -0.175. The van der Waals surface area contributed by atoms with E-state index in [2.05, 4.69) is 13.8 Å². The lowest BCUT2D eigenvalue weighted by molar-refractivity contribution is -0.182. The maximum Gasteiger partial charge on any atom is 0.137 e. The molecule has 4 saturated carbocycles. The van der Waals surface area contributed by atoms with Gasteiger partial charge in [-0.15, -0.1) is 0 Å². The zero-order valence-corrected chi connectivity index (χ0v) is 17.0. The van der Waals surface area contributed by atoms with E-state index in [1.54, 1.807) is 0 Å². The fourth-order valence-electron chi connectivity index (χ4n) is 8.64. The van der Waals surface area contributed by atoms with Gasteiger partial charge in [0.05, 0.1) is 25.4 Å². The number of rotatable bonds is 1. The van der Waals surface area contributed by atoms with Crippen LogP contribution in [0.5, 0.6) is 0 Å². The number of hydrogen-bond acceptors (Lipinski definition) is 4. The maximum atomic E-state index is 13.6. The van der Waals surface area contributed by atoms with Gasteiger partial charge in [-0.1, -0.05) is 6.92 Å². The van der Waals surface area contributed by atoms with Gasteiger partial charge in [0, 0.05) is 24.4 Å². The molecule has 0 spiro atoms. The molecule has 152 valence electrons. The first-order chi connectivity index (χ1) is 13.0. The van der Waals surface area contributed by atoms with Crippen LogP contribution in [0, 0.1) is 40.4 Å². The normalized spacial score (nSPS) is 55.1. The minimum Gasteiger partial charge on any atom is -0.396 e. The zero-order chi connectivity index (χ0) is 18.8. The molecule has 0 aromatic rings. The zero-order valence-electron chi connectivity index (χ0n) is 17.0. The summed E-state index contributed by atoms with van der Waals surface area (Å²) in [4.78, 5) is 13.6. The Bertz CT molecular complexity index is 605. The van der Waals surface area contributed by atoms with Crippen molar-refractivity contribution in [3.05, 3.63) is 0 Å². The Labute approximate surface area is 163 Å². The van der Waals surface area contributed by atoms with Gasteiger partial charge < -0.3 is 14.6 Å². The van der Waals surface area contributed by atoms with Gasteiger partial charge in [0.15, 0.2) is 0 Å². The van der Waals surface area contributed by atoms with E-state index in [4.69, 9.17) is 9.47 Å². The number of aliphatic hydroxyl groups is 1. The summed E-state index contributed by atoms with van der Waals surface area (Å²) in [5.41, 5.74) is -0.102. The van der Waals surface area contributed by atoms with Crippen LogP contribution in [0.4, 0.5) is 0 Å². The molecule has 0 aromatic heterocycles. The largest absolute Gasteiger partial charge is 0.396 e. The lowest BCUT2D eigenvalue weighted by Gasteiger charge is -2.61. The Morgan fingerprint density at radius 3 is 2.67 bits per heavy atom. The van der Waals surface area contributed by atoms with Crippen molar-refractivity contribution in [1.82, 2.24) is 0 Å². The van der Waals surface area contributed by atoms with Gasteiger partial charge in [0.2, 0.25) is 0 Å². The maximum absolute atomic E-state index is 13.6. The molecule has 4 nitrogen and oxygen atoms in total. The quantitative estimate of drug-likeness (QED) is 0.760. The standard InChI is InChI=1S/C23H36O4/c1-14-18-5-6-19-17-4-3-15-11-16(27-10-9-26-14)7-8-23(15,13-24)21(17)20(25)12-22(18,19)2/h14-19,21,24H,3-13H2,1-2H3/t14?,15-,16?,17-,18+,19-,21+,22+,23+/m0/s1. The number of carbonyl (C=O) groups excluding carboxylic acids is 1. The topological polar surface area (TPSA) is 55.8 Å². The Morgan fingerprint density at radius 1 is 1.07 bits per heavy atom. The van der Waals surface area contributed by atoms with Gasteiger partial charge in [0.1, 0.15) is 5.78 Å². The first kappa shape index (κ1) is 18.6. The van der Waals surface area contributed by atoms with E-state index < -0.39 is 0 Å². The van der Waals surface area contributed by atoms with Gasteiger partial charge in [-0.2, -0.15) is 0 Å². The third kappa shape index (κ3) is 2.55. The number of fused-ring (bicyclic) bond motifs is 2. The summed E-state index contributed by atoms with van der Waals surface area (Å²) in [6.07, 6.45) is 8.85. The van der Waals surface area contributed by atoms with Crippen molar-refractivity contribution in [2.45, 2.75) is 77.4 Å². The van der Waals surface area contributed by atoms with E-state index in [1.807, 2.05) is 0 Å². The molecule has 3 heterocycles. The van der Waals surface area contributed by atoms with Gasteiger partial charge in [-0.25, -0.2) is 0 Å². The molecular formula is C23H36O4. The van der Waals surface area contributed by atoms with Crippen molar-refractivity contribution in [2.75, 3.05) is 19.8 Å². The predicted octanol–water partition coefficient (Wildman–Crippen LogP) is 3.60. The van der Waals surface area contributed by atoms with E-state index in [9.17, 15) is 9.90 Å².